The van der Waals surface area contributed by atoms with Gasteiger partial charge in [-0.3, -0.25) is 14.6 Å². The number of anilines is 1. The highest BCUT2D eigenvalue weighted by Crippen LogP contribution is 2.36. The summed E-state index contributed by atoms with van der Waals surface area (Å²) in [4.78, 5) is 22.5. The van der Waals surface area contributed by atoms with Crippen LogP contribution in [0.3, 0.4) is 0 Å². The van der Waals surface area contributed by atoms with E-state index in [1.54, 1.807) is 6.20 Å². The lowest BCUT2D eigenvalue weighted by molar-refractivity contribution is 0.0270. The molecular weight excluding hydrogens is 378 g/mol. The molecule has 0 spiro atoms. The van der Waals surface area contributed by atoms with Gasteiger partial charge in [-0.2, -0.15) is 0 Å². The van der Waals surface area contributed by atoms with E-state index in [1.807, 2.05) is 6.07 Å². The van der Waals surface area contributed by atoms with Crippen molar-refractivity contribution in [2.75, 3.05) is 32.0 Å². The van der Waals surface area contributed by atoms with Crippen LogP contribution < -0.4 is 11.3 Å². The molecule has 4 aliphatic rings. The number of hydrogen-bond acceptors (Lipinski definition) is 6. The average molecular weight is 408 g/mol. The fourth-order valence-electron chi connectivity index (χ4n) is 6.06. The van der Waals surface area contributed by atoms with Gasteiger partial charge < -0.3 is 15.0 Å². The van der Waals surface area contributed by atoms with Crippen molar-refractivity contribution in [1.29, 1.82) is 0 Å². The molecule has 4 atom stereocenters. The molecule has 3 fully saturated rings. The second-order valence-electron chi connectivity index (χ2n) is 9.51. The highest BCUT2D eigenvalue weighted by molar-refractivity contribution is 5.38. The van der Waals surface area contributed by atoms with Crippen molar-refractivity contribution in [3.05, 3.63) is 57.6 Å². The Labute approximate surface area is 176 Å². The lowest BCUT2D eigenvalue weighted by Gasteiger charge is -2.43. The van der Waals surface area contributed by atoms with E-state index in [1.165, 1.54) is 12.1 Å². The first kappa shape index (κ1) is 18.5. The van der Waals surface area contributed by atoms with Crippen LogP contribution in [-0.4, -0.2) is 57.7 Å². The van der Waals surface area contributed by atoms with Crippen LogP contribution in [0, 0.1) is 5.92 Å². The van der Waals surface area contributed by atoms with Crippen molar-refractivity contribution in [3.8, 4) is 0 Å². The predicted octanol–water partition coefficient (Wildman–Crippen LogP) is 1.42. The normalized spacial score (nSPS) is 30.5. The zero-order valence-electron chi connectivity index (χ0n) is 17.2. The van der Waals surface area contributed by atoms with Crippen molar-refractivity contribution >= 4 is 5.82 Å². The van der Waals surface area contributed by atoms with E-state index in [9.17, 15) is 4.79 Å². The highest BCUT2D eigenvalue weighted by Gasteiger charge is 2.39. The van der Waals surface area contributed by atoms with Crippen LogP contribution in [0.25, 0.3) is 0 Å². The first-order valence-corrected chi connectivity index (χ1v) is 11.1. The maximum atomic E-state index is 13.3. The van der Waals surface area contributed by atoms with Gasteiger partial charge in [0.1, 0.15) is 5.82 Å². The van der Waals surface area contributed by atoms with E-state index in [-0.39, 0.29) is 5.56 Å². The fraction of sp³-hybridized carbons (Fsp3) is 0.565. The minimum absolute atomic E-state index is 0.218. The summed E-state index contributed by atoms with van der Waals surface area (Å²) in [6.45, 7) is 6.17. The van der Waals surface area contributed by atoms with E-state index in [2.05, 4.69) is 37.5 Å². The number of pyridine rings is 2. The first-order chi connectivity index (χ1) is 14.6. The van der Waals surface area contributed by atoms with Crippen molar-refractivity contribution < 1.29 is 4.74 Å². The number of hydrogen-bond donors (Lipinski definition) is 1. The van der Waals surface area contributed by atoms with Crippen LogP contribution in [0.15, 0.2) is 35.3 Å². The topological polar surface area (TPSA) is 76.6 Å². The third-order valence-electron chi connectivity index (χ3n) is 7.47. The standard InChI is InChI=1S/C23H29N5O2/c24-22-16(2-1-5-25-22)10-26-8-15-6-18(11-26)21-4-3-17(23(29)28(21)9-15)12-27-13-20-7-19(27)14-30-20/h1-5,15,18-20H,6-14H2,(H2,24,25)/t15-,18+,19+,20+/m0/s1. The Kier molecular flexibility index (Phi) is 4.44. The second-order valence-corrected chi connectivity index (χ2v) is 9.51. The summed E-state index contributed by atoms with van der Waals surface area (Å²) >= 11 is 0. The van der Waals surface area contributed by atoms with Crippen LogP contribution in [0.4, 0.5) is 5.82 Å². The number of morpholine rings is 1. The van der Waals surface area contributed by atoms with Crippen molar-refractivity contribution in [2.24, 2.45) is 5.92 Å². The number of piperidine rings is 1. The van der Waals surface area contributed by atoms with E-state index in [0.717, 1.165) is 63.4 Å². The maximum Gasteiger partial charge on any atom is 0.255 e. The lowest BCUT2D eigenvalue weighted by Crippen LogP contribution is -2.47. The molecule has 7 heteroatoms. The summed E-state index contributed by atoms with van der Waals surface area (Å²) in [7, 11) is 0. The largest absolute Gasteiger partial charge is 0.383 e. The first-order valence-electron chi connectivity index (χ1n) is 11.1. The molecule has 4 aliphatic heterocycles. The molecule has 2 N–H and O–H groups in total. The highest BCUT2D eigenvalue weighted by atomic mass is 16.5. The molecular formula is C23H29N5O2. The van der Waals surface area contributed by atoms with Crippen molar-refractivity contribution in [1.82, 2.24) is 19.4 Å². The quantitative estimate of drug-likeness (QED) is 0.826. The number of likely N-dealkylation sites (tertiary alicyclic amines) is 2. The second kappa shape index (κ2) is 7.18. The van der Waals surface area contributed by atoms with Crippen LogP contribution in [0.5, 0.6) is 0 Å². The van der Waals surface area contributed by atoms with Gasteiger partial charge in [0.25, 0.3) is 5.56 Å². The summed E-state index contributed by atoms with van der Waals surface area (Å²) in [6, 6.07) is 8.80. The summed E-state index contributed by atoms with van der Waals surface area (Å²) in [6.07, 6.45) is 4.40. The molecule has 158 valence electrons. The number of nitrogens with zero attached hydrogens (tertiary/aromatic N) is 4. The van der Waals surface area contributed by atoms with Gasteiger partial charge in [0, 0.05) is 74.2 Å². The number of nitrogen functional groups attached to an aromatic ring is 1. The minimum atomic E-state index is 0.218. The fourth-order valence-corrected chi connectivity index (χ4v) is 6.06. The SMILES string of the molecule is Nc1ncccc1CN1C[C@@H]2C[C@H](C1)c1ccc(CN3C[C@H]4C[C@@H]3CO4)c(=O)n1C2. The Morgan fingerprint density at radius 2 is 2.00 bits per heavy atom. The average Bonchev–Trinajstić information content (AvgIpc) is 3.35. The Morgan fingerprint density at radius 3 is 2.80 bits per heavy atom. The van der Waals surface area contributed by atoms with E-state index in [0.29, 0.717) is 29.8 Å². The molecule has 6 heterocycles. The summed E-state index contributed by atoms with van der Waals surface area (Å²) in [5.41, 5.74) is 9.51. The molecule has 0 saturated carbocycles. The van der Waals surface area contributed by atoms with Crippen LogP contribution in [0.2, 0.25) is 0 Å². The van der Waals surface area contributed by atoms with Crippen molar-refractivity contribution in [3.63, 3.8) is 0 Å². The summed E-state index contributed by atoms with van der Waals surface area (Å²) < 4.78 is 7.79. The van der Waals surface area contributed by atoms with Crippen molar-refractivity contribution in [2.45, 2.75) is 50.5 Å². The van der Waals surface area contributed by atoms with Gasteiger partial charge in [-0.1, -0.05) is 12.1 Å². The number of fused-ring (bicyclic) bond motifs is 6. The smallest absolute Gasteiger partial charge is 0.255 e. The van der Waals surface area contributed by atoms with Gasteiger partial charge in [-0.15, -0.1) is 0 Å². The van der Waals surface area contributed by atoms with Crippen LogP contribution in [0.1, 0.15) is 35.6 Å². The molecule has 0 radical (unpaired) electrons. The lowest BCUT2D eigenvalue weighted by atomic mass is 9.82. The Morgan fingerprint density at radius 1 is 1.07 bits per heavy atom. The summed E-state index contributed by atoms with van der Waals surface area (Å²) in [5.74, 6) is 1.54. The summed E-state index contributed by atoms with van der Waals surface area (Å²) in [5, 5.41) is 0. The third-order valence-corrected chi connectivity index (χ3v) is 7.47. The number of ether oxygens (including phenoxy) is 1. The third kappa shape index (κ3) is 3.16. The molecule has 3 saturated heterocycles. The van der Waals surface area contributed by atoms with Gasteiger partial charge in [-0.05, 0) is 30.9 Å². The zero-order chi connectivity index (χ0) is 20.2. The van der Waals surface area contributed by atoms with E-state index < -0.39 is 0 Å². The molecule has 6 rings (SSSR count). The Bertz CT molecular complexity index is 1020. The number of aromatic nitrogens is 2. The number of nitrogens with two attached hydrogens (primary N) is 1. The molecule has 0 aromatic carbocycles. The molecule has 2 aromatic heterocycles. The maximum absolute atomic E-state index is 13.3. The predicted molar refractivity (Wildman–Crippen MR) is 114 cm³/mol. The van der Waals surface area contributed by atoms with Crippen LogP contribution >= 0.6 is 0 Å². The molecule has 7 nitrogen and oxygen atoms in total. The van der Waals surface area contributed by atoms with Gasteiger partial charge >= 0.3 is 0 Å². The number of rotatable bonds is 4. The van der Waals surface area contributed by atoms with Gasteiger partial charge in [0.15, 0.2) is 0 Å². The minimum Gasteiger partial charge on any atom is -0.383 e. The molecule has 0 amide bonds. The molecule has 0 aliphatic carbocycles. The molecule has 2 aromatic rings. The zero-order valence-corrected chi connectivity index (χ0v) is 17.2. The molecule has 4 bridgehead atoms. The Hall–Kier alpha value is -2.22. The Balaban J connectivity index is 1.21. The van der Waals surface area contributed by atoms with Gasteiger partial charge in [0.05, 0.1) is 12.7 Å². The van der Waals surface area contributed by atoms with E-state index >= 15 is 0 Å². The van der Waals surface area contributed by atoms with E-state index in [4.69, 9.17) is 10.5 Å². The van der Waals surface area contributed by atoms with Gasteiger partial charge in [0.2, 0.25) is 0 Å². The molecule has 0 unspecified atom stereocenters. The van der Waals surface area contributed by atoms with Crippen LogP contribution in [-0.2, 0) is 24.4 Å². The van der Waals surface area contributed by atoms with Gasteiger partial charge in [-0.25, -0.2) is 4.98 Å². The monoisotopic (exact) mass is 407 g/mol. The molecule has 30 heavy (non-hydrogen) atoms.